The maximum Gasteiger partial charge on any atom is 0.358 e. The highest BCUT2D eigenvalue weighted by atomic mass is 79.9. The SMILES string of the molecule is COC(=O)[C@]12Oc3c(Br)c(C)c(-c4c(C)c(Br)c(O)c5c4O[C@@]4(C(=O)OC)C(=C5O)C(=O)CC[C@@H]4O)c(O)c3C(O)=C1C(=O)CC[C@@H]2O. The Kier molecular flexibility index (Phi) is 7.89. The van der Waals surface area contributed by atoms with Gasteiger partial charge in [-0.15, -0.1) is 0 Å². The molecule has 2 saturated carbocycles. The monoisotopic (exact) mass is 794 g/mol. The molecule has 0 saturated heterocycles. The number of hydrogen-bond donors (Lipinski definition) is 6. The first-order chi connectivity index (χ1) is 22.5. The molecule has 14 nitrogen and oxygen atoms in total. The highest BCUT2D eigenvalue weighted by Crippen LogP contribution is 2.61. The second-order valence-corrected chi connectivity index (χ2v) is 13.4. The molecule has 0 unspecified atom stereocenters. The first kappa shape index (κ1) is 33.8. The van der Waals surface area contributed by atoms with E-state index in [9.17, 15) is 49.8 Å². The normalized spacial score (nSPS) is 26.1. The summed E-state index contributed by atoms with van der Waals surface area (Å²) in [5, 5.41) is 68.6. The maximum atomic E-state index is 13.4. The van der Waals surface area contributed by atoms with Crippen LogP contribution in [0.2, 0.25) is 0 Å². The van der Waals surface area contributed by atoms with Gasteiger partial charge in [-0.25, -0.2) is 9.59 Å². The van der Waals surface area contributed by atoms with Gasteiger partial charge in [0.05, 0.1) is 34.3 Å². The molecule has 0 spiro atoms. The number of aliphatic hydroxyl groups excluding tert-OH is 4. The molecule has 6 N–H and O–H groups in total. The van der Waals surface area contributed by atoms with Crippen LogP contribution in [0.1, 0.15) is 47.9 Å². The Morgan fingerprint density at radius 3 is 1.56 bits per heavy atom. The first-order valence-corrected chi connectivity index (χ1v) is 16.1. The van der Waals surface area contributed by atoms with Gasteiger partial charge in [-0.2, -0.15) is 0 Å². The van der Waals surface area contributed by atoms with E-state index in [1.165, 1.54) is 13.8 Å². The van der Waals surface area contributed by atoms with E-state index in [0.29, 0.717) is 0 Å². The van der Waals surface area contributed by atoms with E-state index in [1.54, 1.807) is 0 Å². The summed E-state index contributed by atoms with van der Waals surface area (Å²) in [7, 11) is 2.01. The van der Waals surface area contributed by atoms with E-state index in [1.807, 2.05) is 0 Å². The van der Waals surface area contributed by atoms with Crippen LogP contribution in [0, 0.1) is 13.8 Å². The minimum absolute atomic E-state index is 0.0218. The number of aliphatic hydroxyl groups is 4. The average Bonchev–Trinajstić information content (AvgIpc) is 3.06. The quantitative estimate of drug-likeness (QED) is 0.245. The number of aromatic hydroxyl groups is 2. The van der Waals surface area contributed by atoms with Crippen molar-refractivity contribution < 1.29 is 68.8 Å². The number of rotatable bonds is 3. The van der Waals surface area contributed by atoms with Crippen molar-refractivity contribution in [1.82, 2.24) is 0 Å². The molecule has 48 heavy (non-hydrogen) atoms. The highest BCUT2D eigenvalue weighted by Gasteiger charge is 2.63. The van der Waals surface area contributed by atoms with Crippen LogP contribution in [0.3, 0.4) is 0 Å². The number of methoxy groups -OCH3 is 2. The summed E-state index contributed by atoms with van der Waals surface area (Å²) >= 11 is 6.68. The Hall–Kier alpha value is -4.12. The minimum Gasteiger partial charge on any atom is -0.506 e. The lowest BCUT2D eigenvalue weighted by Gasteiger charge is -2.44. The van der Waals surface area contributed by atoms with E-state index in [-0.39, 0.29) is 62.6 Å². The fourth-order valence-electron chi connectivity index (χ4n) is 7.07. The summed E-state index contributed by atoms with van der Waals surface area (Å²) in [5.74, 6) is -7.78. The Morgan fingerprint density at radius 1 is 0.688 bits per heavy atom. The van der Waals surface area contributed by atoms with Crippen molar-refractivity contribution in [3.05, 3.63) is 42.3 Å². The van der Waals surface area contributed by atoms with E-state index >= 15 is 0 Å². The van der Waals surface area contributed by atoms with Gasteiger partial charge in [-0.05, 0) is 69.7 Å². The molecule has 2 aromatic rings. The van der Waals surface area contributed by atoms with Gasteiger partial charge in [-0.1, -0.05) is 0 Å². The largest absolute Gasteiger partial charge is 0.506 e. The van der Waals surface area contributed by atoms with Crippen molar-refractivity contribution in [2.75, 3.05) is 14.2 Å². The lowest BCUT2D eigenvalue weighted by atomic mass is 9.72. The van der Waals surface area contributed by atoms with Crippen LogP contribution in [0.25, 0.3) is 22.6 Å². The van der Waals surface area contributed by atoms with Crippen LogP contribution in [0.4, 0.5) is 0 Å². The van der Waals surface area contributed by atoms with Crippen molar-refractivity contribution in [3.63, 3.8) is 0 Å². The molecule has 4 atom stereocenters. The second-order valence-electron chi connectivity index (χ2n) is 11.8. The number of Topliss-reactive ketones (excluding diaryl/α,β-unsaturated/α-hetero) is 2. The summed E-state index contributed by atoms with van der Waals surface area (Å²) in [5.41, 5.74) is -7.17. The number of esters is 2. The Labute approximate surface area is 288 Å². The van der Waals surface area contributed by atoms with E-state index < -0.39 is 98.0 Å². The Bertz CT molecular complexity index is 1960. The molecular weight excluding hydrogens is 768 g/mol. The fourth-order valence-corrected chi connectivity index (χ4v) is 7.95. The lowest BCUT2D eigenvalue weighted by Crippen LogP contribution is -2.61. The molecule has 4 aliphatic rings. The van der Waals surface area contributed by atoms with Gasteiger partial charge in [0, 0.05) is 24.0 Å². The smallest absolute Gasteiger partial charge is 0.358 e. The number of hydrogen-bond acceptors (Lipinski definition) is 14. The van der Waals surface area contributed by atoms with Gasteiger partial charge >= 0.3 is 11.9 Å². The van der Waals surface area contributed by atoms with Gasteiger partial charge in [0.1, 0.15) is 52.1 Å². The van der Waals surface area contributed by atoms with Crippen LogP contribution in [-0.2, 0) is 28.7 Å². The van der Waals surface area contributed by atoms with E-state index in [0.717, 1.165) is 14.2 Å². The third-order valence-corrected chi connectivity index (χ3v) is 11.4. The van der Waals surface area contributed by atoms with Crippen LogP contribution in [0.5, 0.6) is 23.0 Å². The average molecular weight is 796 g/mol. The Balaban J connectivity index is 1.74. The van der Waals surface area contributed by atoms with Gasteiger partial charge in [-0.3, -0.25) is 9.59 Å². The summed E-state index contributed by atoms with van der Waals surface area (Å²) in [6.07, 6.45) is -4.29. The molecule has 0 aromatic heterocycles. The molecule has 0 amide bonds. The molecule has 2 aliphatic carbocycles. The van der Waals surface area contributed by atoms with Crippen LogP contribution in [0.15, 0.2) is 20.1 Å². The molecule has 16 heteroatoms. The fraction of sp³-hybridized carbons (Fsp3) is 0.375. The van der Waals surface area contributed by atoms with Gasteiger partial charge in [0.2, 0.25) is 0 Å². The molecule has 2 aliphatic heterocycles. The predicted octanol–water partition coefficient (Wildman–Crippen LogP) is 3.50. The number of carbonyl (C=O) groups is 4. The van der Waals surface area contributed by atoms with Crippen molar-refractivity contribution in [1.29, 1.82) is 0 Å². The lowest BCUT2D eigenvalue weighted by molar-refractivity contribution is -0.170. The number of halogens is 2. The molecule has 2 fully saturated rings. The van der Waals surface area contributed by atoms with Gasteiger partial charge < -0.3 is 49.6 Å². The standard InChI is InChI=1S/C32H28Br2O14/c1-9-15(23(39)17-24(40)19-11(35)6-8-14(38)32(19,30(44)46-4)48-28(17)22(9)34)16-10(2)21(33)26(42)18-25(41)20-12(36)5-7-13(37)31(20,29(43)45-3)47-27(16)18/h13-14,37-42H,5-8H2,1-4H3/t13-,14-,31+,32+/m0/s1. The van der Waals surface area contributed by atoms with Crippen molar-refractivity contribution in [2.45, 2.75) is 62.9 Å². The number of phenolic OH excluding ortho intramolecular Hbond substituents is 2. The van der Waals surface area contributed by atoms with Crippen molar-refractivity contribution >= 4 is 66.9 Å². The molecule has 6 rings (SSSR count). The zero-order valence-corrected chi connectivity index (χ0v) is 28.9. The van der Waals surface area contributed by atoms with E-state index in [4.69, 9.17) is 18.9 Å². The number of phenols is 2. The number of carbonyl (C=O) groups excluding carboxylic acids is 4. The van der Waals surface area contributed by atoms with Crippen LogP contribution >= 0.6 is 31.9 Å². The summed E-state index contributed by atoms with van der Waals surface area (Å²) in [4.78, 5) is 52.9. The number of benzene rings is 2. The first-order valence-electron chi connectivity index (χ1n) is 14.5. The molecule has 2 aromatic carbocycles. The van der Waals surface area contributed by atoms with Crippen LogP contribution < -0.4 is 9.47 Å². The number of ether oxygens (including phenoxy) is 4. The number of fused-ring (bicyclic) bond motifs is 4. The third kappa shape index (κ3) is 4.02. The van der Waals surface area contributed by atoms with Crippen molar-refractivity contribution in [2.24, 2.45) is 0 Å². The predicted molar refractivity (Wildman–Crippen MR) is 170 cm³/mol. The third-order valence-electron chi connectivity index (χ3n) is 9.44. The Morgan fingerprint density at radius 2 is 1.10 bits per heavy atom. The zero-order chi connectivity index (χ0) is 35.4. The molecule has 254 valence electrons. The molecule has 2 heterocycles. The summed E-state index contributed by atoms with van der Waals surface area (Å²) in [6.45, 7) is 2.97. The molecule has 0 bridgehead atoms. The summed E-state index contributed by atoms with van der Waals surface area (Å²) < 4.78 is 22.1. The summed E-state index contributed by atoms with van der Waals surface area (Å²) in [6, 6.07) is 0. The van der Waals surface area contributed by atoms with Gasteiger partial charge in [0.15, 0.2) is 17.3 Å². The second kappa shape index (κ2) is 11.2. The highest BCUT2D eigenvalue weighted by molar-refractivity contribution is 9.11. The van der Waals surface area contributed by atoms with Crippen molar-refractivity contribution in [3.8, 4) is 34.1 Å². The minimum atomic E-state index is -2.57. The molecule has 0 radical (unpaired) electrons. The zero-order valence-electron chi connectivity index (χ0n) is 25.7. The van der Waals surface area contributed by atoms with Gasteiger partial charge in [0.25, 0.3) is 11.2 Å². The maximum absolute atomic E-state index is 13.4. The number of ketones is 2. The van der Waals surface area contributed by atoms with E-state index in [2.05, 4.69) is 31.9 Å². The molecular formula is C32H28Br2O14. The van der Waals surface area contributed by atoms with Crippen LogP contribution in [-0.4, -0.2) is 91.8 Å². The topological polar surface area (TPSA) is 227 Å².